The zero-order valence-electron chi connectivity index (χ0n) is 10.4. The maximum Gasteiger partial charge on any atom is 0.254 e. The van der Waals surface area contributed by atoms with Gasteiger partial charge in [-0.2, -0.15) is 0 Å². The summed E-state index contributed by atoms with van der Waals surface area (Å²) in [5, 5.41) is 0. The highest BCUT2D eigenvalue weighted by Gasteiger charge is 2.37. The molecule has 96 valence electrons. The Bertz CT molecular complexity index is 456. The number of amides is 1. The maximum absolute atomic E-state index is 13.2. The summed E-state index contributed by atoms with van der Waals surface area (Å²) in [6, 6.07) is 6.44. The largest absolute Gasteiger partial charge is 0.335 e. The van der Waals surface area contributed by atoms with Crippen LogP contribution in [0.25, 0.3) is 0 Å². The fraction of sp³-hybridized carbons (Fsp3) is 0.533. The summed E-state index contributed by atoms with van der Waals surface area (Å²) in [6.45, 7) is 0.830. The first-order valence-electron chi connectivity index (χ1n) is 6.82. The van der Waals surface area contributed by atoms with E-state index in [1.807, 2.05) is 4.90 Å². The number of rotatable bonds is 2. The molecule has 1 saturated carbocycles. The van der Waals surface area contributed by atoms with Crippen molar-refractivity contribution in [1.29, 1.82) is 0 Å². The van der Waals surface area contributed by atoms with Gasteiger partial charge in [0, 0.05) is 18.2 Å². The third-order valence-electron chi connectivity index (χ3n) is 4.33. The van der Waals surface area contributed by atoms with Crippen molar-refractivity contribution in [3.63, 3.8) is 0 Å². The fourth-order valence-electron chi connectivity index (χ4n) is 3.15. The quantitative estimate of drug-likeness (QED) is 0.785. The Balaban J connectivity index is 1.78. The minimum absolute atomic E-state index is 0.00361. The zero-order valence-corrected chi connectivity index (χ0v) is 10.4. The van der Waals surface area contributed by atoms with Crippen molar-refractivity contribution in [2.45, 2.75) is 38.1 Å². The summed E-state index contributed by atoms with van der Waals surface area (Å²) < 4.78 is 13.2. The smallest absolute Gasteiger partial charge is 0.254 e. The minimum Gasteiger partial charge on any atom is -0.335 e. The van der Waals surface area contributed by atoms with Gasteiger partial charge in [-0.3, -0.25) is 4.79 Å². The average molecular weight is 247 g/mol. The summed E-state index contributed by atoms with van der Waals surface area (Å²) in [5.74, 6) is 0.356. The predicted molar refractivity (Wildman–Crippen MR) is 67.8 cm³/mol. The van der Waals surface area contributed by atoms with E-state index >= 15 is 0 Å². The molecule has 2 aliphatic rings. The molecular formula is C15H18FNO. The lowest BCUT2D eigenvalue weighted by molar-refractivity contribution is 0.0626. The molecule has 1 amide bonds. The lowest BCUT2D eigenvalue weighted by Crippen LogP contribution is -2.42. The van der Waals surface area contributed by atoms with E-state index < -0.39 is 0 Å². The van der Waals surface area contributed by atoms with Crippen molar-refractivity contribution in [2.75, 3.05) is 6.54 Å². The van der Waals surface area contributed by atoms with Gasteiger partial charge in [0.2, 0.25) is 0 Å². The molecule has 1 aromatic carbocycles. The molecule has 2 fully saturated rings. The second-order valence-corrected chi connectivity index (χ2v) is 5.41. The second-order valence-electron chi connectivity index (χ2n) is 5.41. The topological polar surface area (TPSA) is 20.3 Å². The van der Waals surface area contributed by atoms with Gasteiger partial charge in [-0.1, -0.05) is 12.5 Å². The molecular weight excluding hydrogens is 229 g/mol. The summed E-state index contributed by atoms with van der Waals surface area (Å²) in [5.41, 5.74) is 0.487. The van der Waals surface area contributed by atoms with Gasteiger partial charge in [0.25, 0.3) is 5.91 Å². The maximum atomic E-state index is 13.2. The van der Waals surface area contributed by atoms with Gasteiger partial charge in [-0.05, 0) is 49.8 Å². The number of likely N-dealkylation sites (tertiary alicyclic amines) is 1. The highest BCUT2D eigenvalue weighted by molar-refractivity contribution is 5.94. The standard InChI is InChI=1S/C15H18FNO/c16-13-7-2-6-12(10-13)15(18)17-9-3-8-14(17)11-4-1-5-11/h2,6-7,10-11,14H,1,3-5,8-9H2. The van der Waals surface area contributed by atoms with Gasteiger partial charge in [-0.25, -0.2) is 4.39 Å². The monoisotopic (exact) mass is 247 g/mol. The first-order chi connectivity index (χ1) is 8.75. The van der Waals surface area contributed by atoms with E-state index in [0.717, 1.165) is 19.4 Å². The van der Waals surface area contributed by atoms with Crippen LogP contribution in [0, 0.1) is 11.7 Å². The predicted octanol–water partition coefficient (Wildman–Crippen LogP) is 3.23. The number of hydrogen-bond acceptors (Lipinski definition) is 1. The second kappa shape index (κ2) is 4.71. The first kappa shape index (κ1) is 11.7. The van der Waals surface area contributed by atoms with Crippen molar-refractivity contribution in [3.05, 3.63) is 35.6 Å². The van der Waals surface area contributed by atoms with E-state index in [1.165, 1.54) is 31.4 Å². The molecule has 3 rings (SSSR count). The van der Waals surface area contributed by atoms with E-state index in [0.29, 0.717) is 17.5 Å². The van der Waals surface area contributed by atoms with Crippen molar-refractivity contribution in [2.24, 2.45) is 5.92 Å². The van der Waals surface area contributed by atoms with Crippen LogP contribution in [0.15, 0.2) is 24.3 Å². The molecule has 0 bridgehead atoms. The molecule has 1 unspecified atom stereocenters. The number of benzene rings is 1. The number of carbonyl (C=O) groups is 1. The van der Waals surface area contributed by atoms with Crippen LogP contribution in [0.3, 0.4) is 0 Å². The number of hydrogen-bond donors (Lipinski definition) is 0. The Hall–Kier alpha value is -1.38. The molecule has 1 atom stereocenters. The van der Waals surface area contributed by atoms with E-state index in [1.54, 1.807) is 12.1 Å². The lowest BCUT2D eigenvalue weighted by Gasteiger charge is -2.37. The van der Waals surface area contributed by atoms with Crippen LogP contribution in [-0.2, 0) is 0 Å². The minimum atomic E-state index is -0.333. The van der Waals surface area contributed by atoms with Crippen LogP contribution in [-0.4, -0.2) is 23.4 Å². The van der Waals surface area contributed by atoms with Crippen LogP contribution < -0.4 is 0 Å². The fourth-order valence-corrected chi connectivity index (χ4v) is 3.15. The average Bonchev–Trinajstić information content (AvgIpc) is 2.74. The molecule has 1 heterocycles. The van der Waals surface area contributed by atoms with Gasteiger partial charge in [0.1, 0.15) is 5.82 Å². The number of carbonyl (C=O) groups excluding carboxylic acids is 1. The van der Waals surface area contributed by atoms with Crippen molar-refractivity contribution in [1.82, 2.24) is 4.90 Å². The van der Waals surface area contributed by atoms with E-state index in [9.17, 15) is 9.18 Å². The summed E-state index contributed by atoms with van der Waals surface area (Å²) in [4.78, 5) is 14.4. The molecule has 0 radical (unpaired) electrons. The van der Waals surface area contributed by atoms with Gasteiger partial charge >= 0.3 is 0 Å². The SMILES string of the molecule is O=C(c1cccc(F)c1)N1CCCC1C1CCC1. The van der Waals surface area contributed by atoms with E-state index in [2.05, 4.69) is 0 Å². The highest BCUT2D eigenvalue weighted by atomic mass is 19.1. The first-order valence-corrected chi connectivity index (χ1v) is 6.82. The summed E-state index contributed by atoms with van der Waals surface area (Å²) in [7, 11) is 0. The third kappa shape index (κ3) is 2.02. The number of halogens is 1. The summed E-state index contributed by atoms with van der Waals surface area (Å²) >= 11 is 0. The number of nitrogens with zero attached hydrogens (tertiary/aromatic N) is 1. The Morgan fingerprint density at radius 2 is 2.06 bits per heavy atom. The van der Waals surface area contributed by atoms with Gasteiger partial charge in [-0.15, -0.1) is 0 Å². The van der Waals surface area contributed by atoms with Gasteiger partial charge in [0.15, 0.2) is 0 Å². The molecule has 0 spiro atoms. The molecule has 1 aliphatic heterocycles. The zero-order chi connectivity index (χ0) is 12.5. The van der Waals surface area contributed by atoms with Crippen LogP contribution >= 0.6 is 0 Å². The normalized spacial score (nSPS) is 24.1. The Kier molecular flexibility index (Phi) is 3.06. The highest BCUT2D eigenvalue weighted by Crippen LogP contribution is 2.37. The molecule has 1 aliphatic carbocycles. The molecule has 0 aromatic heterocycles. The molecule has 0 N–H and O–H groups in total. The Morgan fingerprint density at radius 1 is 1.22 bits per heavy atom. The molecule has 1 saturated heterocycles. The van der Waals surface area contributed by atoms with Crippen molar-refractivity contribution in [3.8, 4) is 0 Å². The van der Waals surface area contributed by atoms with Crippen LogP contribution in [0.5, 0.6) is 0 Å². The molecule has 18 heavy (non-hydrogen) atoms. The van der Waals surface area contributed by atoms with Crippen LogP contribution in [0.4, 0.5) is 4.39 Å². The van der Waals surface area contributed by atoms with E-state index in [-0.39, 0.29) is 11.7 Å². The molecule has 1 aromatic rings. The Labute approximate surface area is 107 Å². The molecule has 3 heteroatoms. The third-order valence-corrected chi connectivity index (χ3v) is 4.33. The Morgan fingerprint density at radius 3 is 2.72 bits per heavy atom. The van der Waals surface area contributed by atoms with E-state index in [4.69, 9.17) is 0 Å². The van der Waals surface area contributed by atoms with Crippen molar-refractivity contribution >= 4 is 5.91 Å². The summed E-state index contributed by atoms with van der Waals surface area (Å²) in [6.07, 6.45) is 5.99. The van der Waals surface area contributed by atoms with Gasteiger partial charge < -0.3 is 4.90 Å². The van der Waals surface area contributed by atoms with Crippen molar-refractivity contribution < 1.29 is 9.18 Å². The van der Waals surface area contributed by atoms with Gasteiger partial charge in [0.05, 0.1) is 0 Å². The van der Waals surface area contributed by atoms with Crippen LogP contribution in [0.1, 0.15) is 42.5 Å². The molecule has 2 nitrogen and oxygen atoms in total. The van der Waals surface area contributed by atoms with Crippen LogP contribution in [0.2, 0.25) is 0 Å². The lowest BCUT2D eigenvalue weighted by atomic mass is 9.78.